The van der Waals surface area contributed by atoms with Gasteiger partial charge in [0.1, 0.15) is 12.6 Å². The van der Waals surface area contributed by atoms with Crippen molar-refractivity contribution in [1.82, 2.24) is 10.2 Å². The molecule has 0 saturated carbocycles. The van der Waals surface area contributed by atoms with Gasteiger partial charge in [-0.2, -0.15) is 0 Å². The minimum absolute atomic E-state index is 0.186. The maximum absolute atomic E-state index is 13.5. The molecule has 0 aliphatic carbocycles. The molecular formula is C24H32ClN3O4S. The highest BCUT2D eigenvalue weighted by atomic mass is 35.5. The maximum Gasteiger partial charge on any atom is 0.244 e. The smallest absolute Gasteiger partial charge is 0.244 e. The molecule has 180 valence electrons. The highest BCUT2D eigenvalue weighted by Crippen LogP contribution is 2.21. The number of carbonyl (C=O) groups excluding carboxylic acids is 2. The van der Waals surface area contributed by atoms with Crippen LogP contribution in [0.15, 0.2) is 54.6 Å². The third kappa shape index (κ3) is 8.05. The quantitative estimate of drug-likeness (QED) is 0.517. The van der Waals surface area contributed by atoms with Crippen LogP contribution in [0.4, 0.5) is 5.69 Å². The largest absolute Gasteiger partial charge is 0.354 e. The monoisotopic (exact) mass is 493 g/mol. The minimum Gasteiger partial charge on any atom is -0.354 e. The van der Waals surface area contributed by atoms with Crippen LogP contribution < -0.4 is 9.62 Å². The predicted octanol–water partition coefficient (Wildman–Crippen LogP) is 3.69. The van der Waals surface area contributed by atoms with Crippen molar-refractivity contribution in [1.29, 1.82) is 0 Å². The van der Waals surface area contributed by atoms with E-state index in [0.717, 1.165) is 16.1 Å². The van der Waals surface area contributed by atoms with Gasteiger partial charge in [-0.3, -0.25) is 13.9 Å². The van der Waals surface area contributed by atoms with Crippen molar-refractivity contribution in [3.63, 3.8) is 0 Å². The summed E-state index contributed by atoms with van der Waals surface area (Å²) in [4.78, 5) is 27.9. The Hall–Kier alpha value is -2.58. The van der Waals surface area contributed by atoms with E-state index in [4.69, 9.17) is 11.6 Å². The van der Waals surface area contributed by atoms with Gasteiger partial charge in [-0.15, -0.1) is 0 Å². The molecule has 0 aliphatic rings. The number of benzene rings is 2. The summed E-state index contributed by atoms with van der Waals surface area (Å²) in [6.07, 6.45) is 1.44. The molecule has 0 bridgehead atoms. The van der Waals surface area contributed by atoms with Crippen LogP contribution in [0.5, 0.6) is 0 Å². The lowest BCUT2D eigenvalue weighted by Gasteiger charge is -2.33. The van der Waals surface area contributed by atoms with Crippen LogP contribution in [0.2, 0.25) is 5.02 Å². The number of hydrogen-bond acceptors (Lipinski definition) is 4. The van der Waals surface area contributed by atoms with E-state index in [1.165, 1.54) is 4.90 Å². The standard InChI is InChI=1S/C24H32ClN3O4S/c1-5-22(24(30)26-15-18(2)3)27(16-19-9-7-6-8-10-19)23(29)17-28(33(4,31)32)21-13-11-20(25)12-14-21/h6-14,18,22H,5,15-17H2,1-4H3,(H,26,30). The molecule has 2 rings (SSSR count). The van der Waals surface area contributed by atoms with E-state index >= 15 is 0 Å². The molecule has 1 N–H and O–H groups in total. The van der Waals surface area contributed by atoms with E-state index in [0.29, 0.717) is 23.7 Å². The lowest BCUT2D eigenvalue weighted by atomic mass is 10.1. The summed E-state index contributed by atoms with van der Waals surface area (Å²) in [5.74, 6) is -0.464. The van der Waals surface area contributed by atoms with Gasteiger partial charge in [0, 0.05) is 18.1 Å². The summed E-state index contributed by atoms with van der Waals surface area (Å²) in [6, 6.07) is 14.8. The number of nitrogens with zero attached hydrogens (tertiary/aromatic N) is 2. The highest BCUT2D eigenvalue weighted by Gasteiger charge is 2.31. The minimum atomic E-state index is -3.76. The fourth-order valence-corrected chi connectivity index (χ4v) is 4.32. The van der Waals surface area contributed by atoms with Crippen LogP contribution in [0, 0.1) is 5.92 Å². The molecule has 1 unspecified atom stereocenters. The molecule has 0 fully saturated rings. The van der Waals surface area contributed by atoms with Crippen LogP contribution >= 0.6 is 11.6 Å². The fraction of sp³-hybridized carbons (Fsp3) is 0.417. The Balaban J connectivity index is 2.37. The Morgan fingerprint density at radius 1 is 1.03 bits per heavy atom. The summed E-state index contributed by atoms with van der Waals surface area (Å²) in [5.41, 5.74) is 1.17. The molecular weight excluding hydrogens is 462 g/mol. The van der Waals surface area contributed by atoms with Gasteiger partial charge in [-0.1, -0.05) is 62.7 Å². The van der Waals surface area contributed by atoms with Crippen molar-refractivity contribution in [2.24, 2.45) is 5.92 Å². The Morgan fingerprint density at radius 3 is 2.15 bits per heavy atom. The van der Waals surface area contributed by atoms with Crippen molar-refractivity contribution >= 4 is 39.1 Å². The second-order valence-electron chi connectivity index (χ2n) is 8.32. The number of rotatable bonds is 11. The molecule has 9 heteroatoms. The van der Waals surface area contributed by atoms with Gasteiger partial charge in [0.05, 0.1) is 11.9 Å². The summed E-state index contributed by atoms with van der Waals surface area (Å²) >= 11 is 5.94. The molecule has 0 heterocycles. The third-order valence-electron chi connectivity index (χ3n) is 5.06. The maximum atomic E-state index is 13.5. The van der Waals surface area contributed by atoms with E-state index in [1.54, 1.807) is 24.3 Å². The van der Waals surface area contributed by atoms with E-state index in [1.807, 2.05) is 51.1 Å². The van der Waals surface area contributed by atoms with Crippen molar-refractivity contribution in [2.45, 2.75) is 39.8 Å². The first-order valence-electron chi connectivity index (χ1n) is 10.9. The number of sulfonamides is 1. The van der Waals surface area contributed by atoms with E-state index in [9.17, 15) is 18.0 Å². The number of halogens is 1. The first-order chi connectivity index (χ1) is 15.5. The fourth-order valence-electron chi connectivity index (χ4n) is 3.34. The molecule has 0 aliphatic heterocycles. The first kappa shape index (κ1) is 26.7. The van der Waals surface area contributed by atoms with Crippen LogP contribution in [0.1, 0.15) is 32.8 Å². The zero-order valence-corrected chi connectivity index (χ0v) is 21.1. The molecule has 0 spiro atoms. The number of amides is 2. The van der Waals surface area contributed by atoms with Gasteiger partial charge >= 0.3 is 0 Å². The Kier molecular flexibility index (Phi) is 9.73. The first-order valence-corrected chi connectivity index (χ1v) is 13.1. The Morgan fingerprint density at radius 2 is 1.64 bits per heavy atom. The molecule has 0 radical (unpaired) electrons. The van der Waals surface area contributed by atoms with Crippen molar-refractivity contribution in [2.75, 3.05) is 23.7 Å². The summed E-state index contributed by atoms with van der Waals surface area (Å²) < 4.78 is 26.1. The highest BCUT2D eigenvalue weighted by molar-refractivity contribution is 7.92. The van der Waals surface area contributed by atoms with Crippen molar-refractivity contribution < 1.29 is 18.0 Å². The number of carbonyl (C=O) groups is 2. The molecule has 0 aromatic heterocycles. The molecule has 7 nitrogen and oxygen atoms in total. The molecule has 0 saturated heterocycles. The van der Waals surface area contributed by atoms with Gasteiger partial charge in [0.25, 0.3) is 0 Å². The zero-order chi connectivity index (χ0) is 24.6. The number of anilines is 1. The molecule has 2 aromatic carbocycles. The molecule has 2 aromatic rings. The second-order valence-corrected chi connectivity index (χ2v) is 10.7. The van der Waals surface area contributed by atoms with Gasteiger partial charge in [0.15, 0.2) is 0 Å². The molecule has 33 heavy (non-hydrogen) atoms. The average Bonchev–Trinajstić information content (AvgIpc) is 2.76. The lowest BCUT2D eigenvalue weighted by Crippen LogP contribution is -2.52. The topological polar surface area (TPSA) is 86.8 Å². The second kappa shape index (κ2) is 12.0. The lowest BCUT2D eigenvalue weighted by molar-refractivity contribution is -0.140. The Bertz CT molecular complexity index is 1030. The van der Waals surface area contributed by atoms with Crippen LogP contribution in [0.3, 0.4) is 0 Å². The Labute approximate surface area is 201 Å². The number of hydrogen-bond donors (Lipinski definition) is 1. The van der Waals surface area contributed by atoms with Gasteiger partial charge in [0.2, 0.25) is 21.8 Å². The van der Waals surface area contributed by atoms with Crippen molar-refractivity contribution in [3.8, 4) is 0 Å². The van der Waals surface area contributed by atoms with E-state index in [2.05, 4.69) is 5.32 Å². The van der Waals surface area contributed by atoms with Gasteiger partial charge in [-0.05, 0) is 42.2 Å². The summed E-state index contributed by atoms with van der Waals surface area (Å²) in [5, 5.41) is 3.35. The molecule has 1 atom stereocenters. The SMILES string of the molecule is CCC(C(=O)NCC(C)C)N(Cc1ccccc1)C(=O)CN(c1ccc(Cl)cc1)S(C)(=O)=O. The predicted molar refractivity (Wildman–Crippen MR) is 133 cm³/mol. The number of nitrogens with one attached hydrogen (secondary N) is 1. The summed E-state index contributed by atoms with van der Waals surface area (Å²) in [6.45, 7) is 6.06. The van der Waals surface area contributed by atoms with Crippen LogP contribution in [-0.4, -0.2) is 50.5 Å². The van der Waals surface area contributed by atoms with Gasteiger partial charge in [-0.25, -0.2) is 8.42 Å². The summed E-state index contributed by atoms with van der Waals surface area (Å²) in [7, 11) is -3.76. The molecule has 2 amide bonds. The van der Waals surface area contributed by atoms with Crippen LogP contribution in [0.25, 0.3) is 0 Å². The van der Waals surface area contributed by atoms with E-state index < -0.39 is 28.5 Å². The zero-order valence-electron chi connectivity index (χ0n) is 19.5. The third-order valence-corrected chi connectivity index (χ3v) is 6.45. The van der Waals surface area contributed by atoms with Crippen molar-refractivity contribution in [3.05, 3.63) is 65.2 Å². The van der Waals surface area contributed by atoms with Gasteiger partial charge < -0.3 is 10.2 Å². The average molecular weight is 494 g/mol. The van der Waals surface area contributed by atoms with E-state index in [-0.39, 0.29) is 18.4 Å². The normalized spacial score (nSPS) is 12.3. The van der Waals surface area contributed by atoms with Crippen LogP contribution in [-0.2, 0) is 26.2 Å².